The number of amides is 3. The van der Waals surface area contributed by atoms with Gasteiger partial charge in [0.15, 0.2) is 6.29 Å². The van der Waals surface area contributed by atoms with Gasteiger partial charge in [-0.3, -0.25) is 24.3 Å². The van der Waals surface area contributed by atoms with Crippen LogP contribution in [-0.2, 0) is 50.1 Å². The van der Waals surface area contributed by atoms with Crippen LogP contribution in [0.15, 0.2) is 133 Å². The number of carbonyl (C=O) groups excluding carboxylic acids is 3. The van der Waals surface area contributed by atoms with Crippen LogP contribution in [0.25, 0.3) is 11.1 Å². The molecule has 11 nitrogen and oxygen atoms in total. The Balaban J connectivity index is 0.898. The number of likely N-dealkylation sites (tertiary alicyclic amines) is 1. The Kier molecular flexibility index (Phi) is 12.9. The van der Waals surface area contributed by atoms with Crippen LogP contribution in [0.3, 0.4) is 0 Å². The molecule has 4 atom stereocenters. The van der Waals surface area contributed by atoms with E-state index in [0.29, 0.717) is 0 Å². The summed E-state index contributed by atoms with van der Waals surface area (Å²) in [5.41, 5.74) is 7.67. The SMILES string of the molecule is O=C(NC1CC(=O)N(Cc2cccc(-c3ccc([C@@H]4O[C@H](CN5CCN(Cc6ccccc6)CC5)C[C@H](c5ccc(CO)cc5)O4)cc3)c2)C1=O)OCc1ccccc1. The molecule has 5 aromatic carbocycles. The number of aliphatic hydroxyl groups is 1. The summed E-state index contributed by atoms with van der Waals surface area (Å²) in [5.74, 6) is -0.808. The number of hydrogen-bond acceptors (Lipinski definition) is 9. The Hall–Kier alpha value is -5.69. The number of rotatable bonds is 13. The van der Waals surface area contributed by atoms with Crippen LogP contribution in [0.1, 0.15) is 58.6 Å². The van der Waals surface area contributed by atoms with Crippen LogP contribution >= 0.6 is 0 Å². The molecular weight excluding hydrogens is 745 g/mol. The first-order chi connectivity index (χ1) is 28.9. The van der Waals surface area contributed by atoms with Crippen molar-refractivity contribution < 1.29 is 33.7 Å². The Bertz CT molecular complexity index is 2180. The molecule has 3 fully saturated rings. The monoisotopic (exact) mass is 794 g/mol. The quantitative estimate of drug-likeness (QED) is 0.125. The summed E-state index contributed by atoms with van der Waals surface area (Å²) in [6, 6.07) is 42.8. The zero-order valence-corrected chi connectivity index (χ0v) is 33.0. The molecule has 0 spiro atoms. The third kappa shape index (κ3) is 10.3. The standard InChI is InChI=1S/C48H50N4O7/c53-32-35-14-16-39(17-15-35)44-27-42(31-51-24-22-50(23-25-51)29-34-8-3-1-4-9-34)58-47(59-44)40-20-18-38(19-21-40)41-13-7-12-37(26-41)30-52-45(54)28-43(46(52)55)49-48(56)57-33-36-10-5-2-6-11-36/h1-21,26,42-44,47,53H,22-25,27-33H2,(H,49,56)/t42-,43?,44+,47+/m0/s1. The minimum Gasteiger partial charge on any atom is -0.445 e. The predicted octanol–water partition coefficient (Wildman–Crippen LogP) is 6.76. The molecule has 5 aromatic rings. The van der Waals surface area contributed by atoms with Gasteiger partial charge in [-0.15, -0.1) is 0 Å². The second kappa shape index (κ2) is 18.9. The molecule has 0 aromatic heterocycles. The highest BCUT2D eigenvalue weighted by Gasteiger charge is 2.40. The maximum Gasteiger partial charge on any atom is 0.408 e. The van der Waals surface area contributed by atoms with Crippen LogP contribution in [-0.4, -0.2) is 82.6 Å². The summed E-state index contributed by atoms with van der Waals surface area (Å²) in [6.45, 7) is 5.88. The number of nitrogens with zero attached hydrogens (tertiary/aromatic N) is 3. The fraction of sp³-hybridized carbons (Fsp3) is 0.312. The van der Waals surface area contributed by atoms with Crippen molar-refractivity contribution in [2.45, 2.75) is 63.7 Å². The van der Waals surface area contributed by atoms with E-state index in [0.717, 1.165) is 84.6 Å². The Morgan fingerprint density at radius 1 is 0.678 bits per heavy atom. The molecule has 11 heteroatoms. The number of piperazine rings is 1. The van der Waals surface area contributed by atoms with E-state index in [2.05, 4.69) is 45.4 Å². The van der Waals surface area contributed by atoms with Gasteiger partial charge in [0.1, 0.15) is 12.6 Å². The normalized spacial score (nSPS) is 21.4. The Morgan fingerprint density at radius 2 is 1.34 bits per heavy atom. The van der Waals surface area contributed by atoms with Crippen LogP contribution in [0.2, 0.25) is 0 Å². The number of ether oxygens (including phenoxy) is 3. The van der Waals surface area contributed by atoms with Gasteiger partial charge in [-0.25, -0.2) is 4.79 Å². The molecule has 3 aliphatic rings. The molecule has 3 aliphatic heterocycles. The molecule has 3 amide bonds. The number of carbonyl (C=O) groups is 3. The van der Waals surface area contributed by atoms with E-state index in [9.17, 15) is 19.5 Å². The largest absolute Gasteiger partial charge is 0.445 e. The first-order valence-electron chi connectivity index (χ1n) is 20.4. The molecule has 8 rings (SSSR count). The number of alkyl carbamates (subject to hydrolysis) is 1. The number of imide groups is 1. The summed E-state index contributed by atoms with van der Waals surface area (Å²) in [4.78, 5) is 44.8. The van der Waals surface area contributed by atoms with Gasteiger partial charge in [0.2, 0.25) is 5.91 Å². The van der Waals surface area contributed by atoms with Crippen LogP contribution in [0.5, 0.6) is 0 Å². The summed E-state index contributed by atoms with van der Waals surface area (Å²) in [5, 5.41) is 12.2. The van der Waals surface area contributed by atoms with Crippen molar-refractivity contribution in [2.24, 2.45) is 0 Å². The maximum absolute atomic E-state index is 13.2. The van der Waals surface area contributed by atoms with Crippen molar-refractivity contribution in [3.8, 4) is 11.1 Å². The van der Waals surface area contributed by atoms with Gasteiger partial charge >= 0.3 is 6.09 Å². The molecular formula is C48H50N4O7. The lowest BCUT2D eigenvalue weighted by Gasteiger charge is -2.40. The Morgan fingerprint density at radius 3 is 2.05 bits per heavy atom. The molecule has 1 unspecified atom stereocenters. The lowest BCUT2D eigenvalue weighted by atomic mass is 9.98. The highest BCUT2D eigenvalue weighted by molar-refractivity contribution is 6.06. The zero-order valence-electron chi connectivity index (χ0n) is 33.0. The van der Waals surface area contributed by atoms with Crippen molar-refractivity contribution in [1.29, 1.82) is 0 Å². The van der Waals surface area contributed by atoms with E-state index in [1.54, 1.807) is 0 Å². The van der Waals surface area contributed by atoms with E-state index < -0.39 is 24.3 Å². The van der Waals surface area contributed by atoms with Crippen molar-refractivity contribution in [2.75, 3.05) is 32.7 Å². The van der Waals surface area contributed by atoms with Gasteiger partial charge in [0, 0.05) is 51.3 Å². The molecule has 2 N–H and O–H groups in total. The molecule has 3 saturated heterocycles. The van der Waals surface area contributed by atoms with Gasteiger partial charge in [-0.1, -0.05) is 127 Å². The van der Waals surface area contributed by atoms with Gasteiger partial charge in [-0.2, -0.15) is 0 Å². The van der Waals surface area contributed by atoms with E-state index in [1.165, 1.54) is 10.5 Å². The topological polar surface area (TPSA) is 121 Å². The third-order valence-electron chi connectivity index (χ3n) is 11.3. The smallest absolute Gasteiger partial charge is 0.408 e. The average molecular weight is 795 g/mol. The number of hydrogen-bond donors (Lipinski definition) is 2. The van der Waals surface area contributed by atoms with E-state index in [-0.39, 0.29) is 44.3 Å². The molecule has 304 valence electrons. The highest BCUT2D eigenvalue weighted by Crippen LogP contribution is 2.39. The van der Waals surface area contributed by atoms with Crippen molar-refractivity contribution >= 4 is 17.9 Å². The van der Waals surface area contributed by atoms with Crippen LogP contribution in [0.4, 0.5) is 4.79 Å². The minimum absolute atomic E-state index is 0.00790. The predicted molar refractivity (Wildman–Crippen MR) is 222 cm³/mol. The average Bonchev–Trinajstić information content (AvgIpc) is 3.54. The lowest BCUT2D eigenvalue weighted by molar-refractivity contribution is -0.253. The summed E-state index contributed by atoms with van der Waals surface area (Å²) in [7, 11) is 0. The van der Waals surface area contributed by atoms with Crippen molar-refractivity contribution in [1.82, 2.24) is 20.0 Å². The van der Waals surface area contributed by atoms with Gasteiger partial charge in [0.25, 0.3) is 5.91 Å². The fourth-order valence-corrected chi connectivity index (χ4v) is 8.03. The van der Waals surface area contributed by atoms with E-state index in [4.69, 9.17) is 14.2 Å². The van der Waals surface area contributed by atoms with Crippen molar-refractivity contribution in [3.05, 3.63) is 167 Å². The fourth-order valence-electron chi connectivity index (χ4n) is 8.03. The summed E-state index contributed by atoms with van der Waals surface area (Å²) in [6.07, 6.45) is -0.923. The summed E-state index contributed by atoms with van der Waals surface area (Å²) >= 11 is 0. The van der Waals surface area contributed by atoms with E-state index in [1.807, 2.05) is 103 Å². The molecule has 0 aliphatic carbocycles. The Labute approximate surface area is 345 Å². The molecule has 0 saturated carbocycles. The van der Waals surface area contributed by atoms with Gasteiger partial charge < -0.3 is 24.6 Å². The summed E-state index contributed by atoms with van der Waals surface area (Å²) < 4.78 is 18.6. The van der Waals surface area contributed by atoms with Crippen molar-refractivity contribution in [3.63, 3.8) is 0 Å². The molecule has 3 heterocycles. The number of benzene rings is 5. The highest BCUT2D eigenvalue weighted by atomic mass is 16.7. The zero-order chi connectivity index (χ0) is 40.6. The second-order valence-electron chi connectivity index (χ2n) is 15.5. The molecule has 59 heavy (non-hydrogen) atoms. The molecule has 0 bridgehead atoms. The number of aliphatic hydroxyl groups excluding tert-OH is 1. The van der Waals surface area contributed by atoms with Gasteiger partial charge in [0.05, 0.1) is 31.8 Å². The van der Waals surface area contributed by atoms with E-state index >= 15 is 0 Å². The molecule has 0 radical (unpaired) electrons. The maximum atomic E-state index is 13.2. The first kappa shape index (κ1) is 40.1. The number of nitrogens with one attached hydrogen (secondary N) is 1. The van der Waals surface area contributed by atoms with Crippen LogP contribution in [0, 0.1) is 0 Å². The first-order valence-corrected chi connectivity index (χ1v) is 20.4. The lowest BCUT2D eigenvalue weighted by Crippen LogP contribution is -2.49. The minimum atomic E-state index is -0.972. The van der Waals surface area contributed by atoms with Gasteiger partial charge in [-0.05, 0) is 45.0 Å². The van der Waals surface area contributed by atoms with Crippen LogP contribution < -0.4 is 5.32 Å². The third-order valence-corrected chi connectivity index (χ3v) is 11.3. The second-order valence-corrected chi connectivity index (χ2v) is 15.5.